The first-order valence-corrected chi connectivity index (χ1v) is 7.75. The molecule has 7 nitrogen and oxygen atoms in total. The van der Waals surface area contributed by atoms with E-state index in [0.717, 1.165) is 10.4 Å². The summed E-state index contributed by atoms with van der Waals surface area (Å²) in [6.45, 7) is 0. The highest BCUT2D eigenvalue weighted by Gasteiger charge is 2.32. The molecule has 0 aromatic heterocycles. The van der Waals surface area contributed by atoms with Gasteiger partial charge in [-0.1, -0.05) is 36.4 Å². The molecule has 3 aromatic carbocycles. The topological polar surface area (TPSA) is 92.9 Å². The summed E-state index contributed by atoms with van der Waals surface area (Å²) in [4.78, 5) is 35.7. The number of hydrogen-bond donors (Lipinski definition) is 0. The maximum absolute atomic E-state index is 12.7. The molecule has 7 heteroatoms. The second kappa shape index (κ2) is 5.89. The fourth-order valence-electron chi connectivity index (χ4n) is 2.97. The average Bonchev–Trinajstić information content (AvgIpc) is 2.66. The van der Waals surface area contributed by atoms with Crippen LogP contribution in [0.5, 0.6) is 0 Å². The van der Waals surface area contributed by atoms with Crippen LogP contribution in [0.25, 0.3) is 10.8 Å². The second-order valence-corrected chi connectivity index (χ2v) is 5.73. The largest absolute Gasteiger partial charge is 0.282 e. The van der Waals surface area contributed by atoms with Crippen molar-refractivity contribution >= 4 is 34.5 Å². The van der Waals surface area contributed by atoms with Gasteiger partial charge in [-0.05, 0) is 17.5 Å². The Hall–Kier alpha value is -3.87. The molecule has 0 fully saturated rings. The minimum atomic E-state index is -0.527. The number of hydrazone groups is 1. The van der Waals surface area contributed by atoms with Crippen LogP contribution in [0.1, 0.15) is 26.3 Å². The van der Waals surface area contributed by atoms with Crippen LogP contribution in [-0.2, 0) is 0 Å². The summed E-state index contributed by atoms with van der Waals surface area (Å²) < 4.78 is 0. The van der Waals surface area contributed by atoms with Crippen molar-refractivity contribution in [2.24, 2.45) is 5.10 Å². The van der Waals surface area contributed by atoms with E-state index in [2.05, 4.69) is 5.10 Å². The third-order valence-corrected chi connectivity index (χ3v) is 4.15. The molecule has 0 unspecified atom stereocenters. The van der Waals surface area contributed by atoms with E-state index in [4.69, 9.17) is 0 Å². The lowest BCUT2D eigenvalue weighted by Crippen LogP contribution is -2.36. The van der Waals surface area contributed by atoms with E-state index in [-0.39, 0.29) is 5.69 Å². The molecule has 2 amide bonds. The van der Waals surface area contributed by atoms with Gasteiger partial charge in [0.2, 0.25) is 0 Å². The summed E-state index contributed by atoms with van der Waals surface area (Å²) in [6.07, 6.45) is 1.26. The van der Waals surface area contributed by atoms with Gasteiger partial charge in [-0.2, -0.15) is 10.1 Å². The first-order valence-electron chi connectivity index (χ1n) is 7.75. The minimum Gasteiger partial charge on any atom is -0.267 e. The van der Waals surface area contributed by atoms with Crippen molar-refractivity contribution in [3.8, 4) is 0 Å². The number of rotatable bonds is 3. The van der Waals surface area contributed by atoms with Crippen LogP contribution in [0.3, 0.4) is 0 Å². The van der Waals surface area contributed by atoms with Crippen molar-refractivity contribution in [2.45, 2.75) is 0 Å². The van der Waals surface area contributed by atoms with E-state index in [0.29, 0.717) is 22.1 Å². The lowest BCUT2D eigenvalue weighted by molar-refractivity contribution is -0.384. The number of carbonyl (C=O) groups is 2. The zero-order valence-electron chi connectivity index (χ0n) is 13.3. The highest BCUT2D eigenvalue weighted by atomic mass is 16.6. The van der Waals surface area contributed by atoms with E-state index in [1.807, 2.05) is 12.1 Å². The molecule has 0 N–H and O–H groups in total. The molecule has 1 aliphatic rings. The highest BCUT2D eigenvalue weighted by Crippen LogP contribution is 2.30. The molecule has 1 aliphatic heterocycles. The summed E-state index contributed by atoms with van der Waals surface area (Å²) in [6, 6.07) is 16.2. The molecule has 0 atom stereocenters. The number of carbonyl (C=O) groups excluding carboxylic acids is 2. The first-order chi connectivity index (χ1) is 12.6. The van der Waals surface area contributed by atoms with Crippen LogP contribution in [0, 0.1) is 10.1 Å². The molecule has 3 aromatic rings. The molecule has 0 aliphatic carbocycles. The van der Waals surface area contributed by atoms with Gasteiger partial charge in [0.25, 0.3) is 17.5 Å². The third kappa shape index (κ3) is 2.42. The van der Waals surface area contributed by atoms with Crippen molar-refractivity contribution in [2.75, 3.05) is 0 Å². The molecule has 0 saturated carbocycles. The van der Waals surface area contributed by atoms with Crippen LogP contribution < -0.4 is 0 Å². The smallest absolute Gasteiger partial charge is 0.267 e. The molecule has 1 heterocycles. The van der Waals surface area contributed by atoms with Crippen molar-refractivity contribution in [1.82, 2.24) is 5.01 Å². The Balaban J connectivity index is 1.75. The number of imide groups is 1. The molecule has 0 bridgehead atoms. The van der Waals surface area contributed by atoms with E-state index in [9.17, 15) is 19.7 Å². The van der Waals surface area contributed by atoms with Gasteiger partial charge in [-0.3, -0.25) is 19.7 Å². The van der Waals surface area contributed by atoms with Crippen LogP contribution in [0.4, 0.5) is 5.69 Å². The monoisotopic (exact) mass is 345 g/mol. The summed E-state index contributed by atoms with van der Waals surface area (Å²) in [7, 11) is 0. The average molecular weight is 345 g/mol. The number of nitro benzene ring substituents is 1. The summed E-state index contributed by atoms with van der Waals surface area (Å²) in [5.74, 6) is -1.05. The second-order valence-electron chi connectivity index (χ2n) is 5.73. The Bertz CT molecular complexity index is 1070. The van der Waals surface area contributed by atoms with Gasteiger partial charge in [-0.25, -0.2) is 0 Å². The van der Waals surface area contributed by atoms with Crippen LogP contribution in [0.2, 0.25) is 0 Å². The molecular formula is C19H11N3O4. The Morgan fingerprint density at radius 1 is 0.923 bits per heavy atom. The molecule has 26 heavy (non-hydrogen) atoms. The Labute approximate surface area is 147 Å². The number of nitrogens with zero attached hydrogens (tertiary/aromatic N) is 3. The number of nitro groups is 1. The van der Waals surface area contributed by atoms with Crippen molar-refractivity contribution in [1.29, 1.82) is 0 Å². The number of non-ortho nitro benzene ring substituents is 1. The van der Waals surface area contributed by atoms with Crippen molar-refractivity contribution < 1.29 is 14.5 Å². The molecule has 0 saturated heterocycles. The zero-order chi connectivity index (χ0) is 18.3. The molecule has 4 rings (SSSR count). The van der Waals surface area contributed by atoms with Crippen LogP contribution in [-0.4, -0.2) is 28.0 Å². The minimum absolute atomic E-state index is 0.0969. The summed E-state index contributed by atoms with van der Waals surface area (Å²) >= 11 is 0. The lowest BCUT2D eigenvalue weighted by atomic mass is 9.95. The summed E-state index contributed by atoms with van der Waals surface area (Å²) in [5.41, 5.74) is 1.11. The van der Waals surface area contributed by atoms with Gasteiger partial charge in [0.05, 0.1) is 22.3 Å². The predicted molar refractivity (Wildman–Crippen MR) is 95.1 cm³/mol. The lowest BCUT2D eigenvalue weighted by Gasteiger charge is -2.22. The highest BCUT2D eigenvalue weighted by molar-refractivity contribution is 6.25. The number of amides is 2. The van der Waals surface area contributed by atoms with Gasteiger partial charge in [0.1, 0.15) is 0 Å². The Morgan fingerprint density at radius 2 is 1.54 bits per heavy atom. The normalized spacial score (nSPS) is 13.6. The Morgan fingerprint density at radius 3 is 2.15 bits per heavy atom. The van der Waals surface area contributed by atoms with Gasteiger partial charge >= 0.3 is 0 Å². The summed E-state index contributed by atoms with van der Waals surface area (Å²) in [5, 5.41) is 17.1. The zero-order valence-corrected chi connectivity index (χ0v) is 13.3. The van der Waals surface area contributed by atoms with E-state index < -0.39 is 16.7 Å². The van der Waals surface area contributed by atoms with Gasteiger partial charge in [-0.15, -0.1) is 0 Å². The maximum Gasteiger partial charge on any atom is 0.282 e. The molecular weight excluding hydrogens is 334 g/mol. The number of hydrogen-bond acceptors (Lipinski definition) is 5. The van der Waals surface area contributed by atoms with E-state index >= 15 is 0 Å². The van der Waals surface area contributed by atoms with Gasteiger partial charge in [0, 0.05) is 23.1 Å². The van der Waals surface area contributed by atoms with E-state index in [1.54, 1.807) is 30.3 Å². The van der Waals surface area contributed by atoms with Crippen LogP contribution >= 0.6 is 0 Å². The molecule has 0 spiro atoms. The molecule has 0 radical (unpaired) electrons. The fraction of sp³-hybridized carbons (Fsp3) is 0. The fourth-order valence-corrected chi connectivity index (χ4v) is 2.97. The quantitative estimate of drug-likeness (QED) is 0.315. The predicted octanol–water partition coefficient (Wildman–Crippen LogP) is 3.38. The third-order valence-electron chi connectivity index (χ3n) is 4.15. The van der Waals surface area contributed by atoms with Gasteiger partial charge < -0.3 is 0 Å². The Kier molecular flexibility index (Phi) is 3.54. The van der Waals surface area contributed by atoms with Crippen molar-refractivity contribution in [3.05, 3.63) is 87.5 Å². The number of benzene rings is 3. The maximum atomic E-state index is 12.7. The SMILES string of the molecule is O=C1c2cccc3cccc(c23)C(=O)N1/N=C\c1cccc([N+](=O)[O-])c1. The molecule has 126 valence electrons. The van der Waals surface area contributed by atoms with E-state index in [1.165, 1.54) is 24.4 Å². The first kappa shape index (κ1) is 15.6. The van der Waals surface area contributed by atoms with Crippen LogP contribution in [0.15, 0.2) is 65.8 Å². The van der Waals surface area contributed by atoms with Gasteiger partial charge in [0.15, 0.2) is 0 Å². The van der Waals surface area contributed by atoms with Crippen molar-refractivity contribution in [3.63, 3.8) is 0 Å². The standard InChI is InChI=1S/C19H11N3O4/c23-18-15-8-2-5-13-6-3-9-16(17(13)15)19(24)21(18)20-11-12-4-1-7-14(10-12)22(25)26/h1-11H/b20-11-.